The van der Waals surface area contributed by atoms with E-state index in [-0.39, 0.29) is 5.91 Å². The molecule has 1 aliphatic rings. The smallest absolute Gasteiger partial charge is 0.339 e. The number of pyridine rings is 1. The van der Waals surface area contributed by atoms with Gasteiger partial charge in [0.25, 0.3) is 5.91 Å². The van der Waals surface area contributed by atoms with Gasteiger partial charge in [-0.25, -0.2) is 4.79 Å². The topological polar surface area (TPSA) is 77.5 Å². The van der Waals surface area contributed by atoms with E-state index >= 15 is 0 Å². The molecule has 1 aromatic heterocycles. The molecule has 0 saturated carbocycles. The van der Waals surface area contributed by atoms with E-state index in [0.717, 1.165) is 22.2 Å². The van der Waals surface area contributed by atoms with E-state index < -0.39 is 11.6 Å². The van der Waals surface area contributed by atoms with Crippen LogP contribution in [-0.4, -0.2) is 35.6 Å². The minimum Gasteiger partial charge on any atom is -0.491 e. The Bertz CT molecular complexity index is 1060. The maximum atomic E-state index is 12.6. The van der Waals surface area contributed by atoms with Crippen LogP contribution < -0.4 is 10.1 Å². The number of aromatic nitrogens is 1. The summed E-state index contributed by atoms with van der Waals surface area (Å²) in [5.74, 6) is -0.0392. The van der Waals surface area contributed by atoms with Gasteiger partial charge in [0, 0.05) is 24.5 Å². The highest BCUT2D eigenvalue weighted by Gasteiger charge is 2.42. The third kappa shape index (κ3) is 3.92. The van der Waals surface area contributed by atoms with E-state index in [2.05, 4.69) is 10.3 Å². The Morgan fingerprint density at radius 3 is 2.90 bits per heavy atom. The molecule has 2 aromatic carbocycles. The zero-order valence-corrected chi connectivity index (χ0v) is 16.2. The SMILES string of the molecule is CC1(C(=O)NCCCOc2cccc3cccnc23)Cc2ccccc2C(=O)O1. The number of amides is 1. The van der Waals surface area contributed by atoms with Crippen LogP contribution in [0.3, 0.4) is 0 Å². The average molecular weight is 390 g/mol. The summed E-state index contributed by atoms with van der Waals surface area (Å²) >= 11 is 0. The monoisotopic (exact) mass is 390 g/mol. The van der Waals surface area contributed by atoms with E-state index in [1.807, 2.05) is 42.5 Å². The molecule has 0 radical (unpaired) electrons. The van der Waals surface area contributed by atoms with Crippen LogP contribution >= 0.6 is 0 Å². The number of benzene rings is 2. The zero-order valence-electron chi connectivity index (χ0n) is 16.2. The van der Waals surface area contributed by atoms with Gasteiger partial charge in [-0.1, -0.05) is 36.4 Å². The fourth-order valence-corrected chi connectivity index (χ4v) is 3.50. The predicted molar refractivity (Wildman–Crippen MR) is 109 cm³/mol. The van der Waals surface area contributed by atoms with Crippen molar-refractivity contribution in [3.63, 3.8) is 0 Å². The summed E-state index contributed by atoms with van der Waals surface area (Å²) < 4.78 is 11.3. The molecule has 148 valence electrons. The van der Waals surface area contributed by atoms with Gasteiger partial charge in [-0.05, 0) is 37.1 Å². The number of fused-ring (bicyclic) bond motifs is 2. The number of rotatable bonds is 6. The summed E-state index contributed by atoms with van der Waals surface area (Å²) in [6.07, 6.45) is 2.72. The molecule has 6 nitrogen and oxygen atoms in total. The van der Waals surface area contributed by atoms with Crippen molar-refractivity contribution in [3.05, 3.63) is 71.9 Å². The highest BCUT2D eigenvalue weighted by Crippen LogP contribution is 2.28. The number of nitrogens with one attached hydrogen (secondary N) is 1. The summed E-state index contributed by atoms with van der Waals surface area (Å²) in [5.41, 5.74) is 0.966. The molecular weight excluding hydrogens is 368 g/mol. The van der Waals surface area contributed by atoms with Crippen LogP contribution in [0.2, 0.25) is 0 Å². The van der Waals surface area contributed by atoms with Crippen LogP contribution in [0.1, 0.15) is 29.3 Å². The first-order valence-electron chi connectivity index (χ1n) is 9.63. The fourth-order valence-electron chi connectivity index (χ4n) is 3.50. The first-order chi connectivity index (χ1) is 14.1. The van der Waals surface area contributed by atoms with Crippen molar-refractivity contribution >= 4 is 22.8 Å². The van der Waals surface area contributed by atoms with Crippen molar-refractivity contribution in [2.24, 2.45) is 0 Å². The van der Waals surface area contributed by atoms with E-state index in [9.17, 15) is 9.59 Å². The van der Waals surface area contributed by atoms with Crippen molar-refractivity contribution in [2.45, 2.75) is 25.4 Å². The lowest BCUT2D eigenvalue weighted by Gasteiger charge is -2.33. The highest BCUT2D eigenvalue weighted by molar-refractivity contribution is 5.97. The van der Waals surface area contributed by atoms with Crippen LogP contribution in [0.15, 0.2) is 60.8 Å². The van der Waals surface area contributed by atoms with Gasteiger partial charge in [-0.3, -0.25) is 9.78 Å². The van der Waals surface area contributed by atoms with Gasteiger partial charge < -0.3 is 14.8 Å². The Hall–Kier alpha value is -3.41. The zero-order chi connectivity index (χ0) is 20.3. The van der Waals surface area contributed by atoms with Crippen LogP contribution in [0.5, 0.6) is 5.75 Å². The number of ether oxygens (including phenoxy) is 2. The van der Waals surface area contributed by atoms with Crippen molar-refractivity contribution in [2.75, 3.05) is 13.2 Å². The Morgan fingerprint density at radius 2 is 2.00 bits per heavy atom. The molecule has 1 unspecified atom stereocenters. The predicted octanol–water partition coefficient (Wildman–Crippen LogP) is 3.29. The third-order valence-corrected chi connectivity index (χ3v) is 5.02. The molecule has 1 aliphatic heterocycles. The Morgan fingerprint density at radius 1 is 1.17 bits per heavy atom. The highest BCUT2D eigenvalue weighted by atomic mass is 16.6. The molecule has 1 atom stereocenters. The second kappa shape index (κ2) is 7.91. The number of carbonyl (C=O) groups excluding carboxylic acids is 2. The van der Waals surface area contributed by atoms with Crippen molar-refractivity contribution in [3.8, 4) is 5.75 Å². The van der Waals surface area contributed by atoms with Gasteiger partial charge in [0.2, 0.25) is 0 Å². The van der Waals surface area contributed by atoms with Crippen molar-refractivity contribution < 1.29 is 19.1 Å². The Labute approximate surface area is 168 Å². The first-order valence-corrected chi connectivity index (χ1v) is 9.63. The third-order valence-electron chi connectivity index (χ3n) is 5.02. The van der Waals surface area contributed by atoms with Crippen LogP contribution in [-0.2, 0) is 16.0 Å². The van der Waals surface area contributed by atoms with Crippen molar-refractivity contribution in [1.82, 2.24) is 10.3 Å². The van der Waals surface area contributed by atoms with Crippen LogP contribution in [0, 0.1) is 0 Å². The molecule has 3 aromatic rings. The van der Waals surface area contributed by atoms with Gasteiger partial charge in [0.1, 0.15) is 11.3 Å². The number of cyclic esters (lactones) is 1. The maximum Gasteiger partial charge on any atom is 0.339 e. The maximum absolute atomic E-state index is 12.6. The summed E-state index contributed by atoms with van der Waals surface area (Å²) in [6, 6.07) is 16.9. The Balaban J connectivity index is 1.30. The number of esters is 1. The number of hydrogen-bond donors (Lipinski definition) is 1. The summed E-state index contributed by atoms with van der Waals surface area (Å²) in [6.45, 7) is 2.51. The van der Waals surface area contributed by atoms with E-state index in [0.29, 0.717) is 31.6 Å². The van der Waals surface area contributed by atoms with Crippen molar-refractivity contribution in [1.29, 1.82) is 0 Å². The summed E-state index contributed by atoms with van der Waals surface area (Å²) in [4.78, 5) is 29.2. The number of hydrogen-bond acceptors (Lipinski definition) is 5. The molecular formula is C23H22N2O4. The lowest BCUT2D eigenvalue weighted by Crippen LogP contribution is -2.51. The minimum atomic E-state index is -1.20. The van der Waals surface area contributed by atoms with Gasteiger partial charge in [0.15, 0.2) is 5.60 Å². The molecule has 0 saturated heterocycles. The van der Waals surface area contributed by atoms with Gasteiger partial charge in [0.05, 0.1) is 12.2 Å². The molecule has 1 N–H and O–H groups in total. The molecule has 0 bridgehead atoms. The first kappa shape index (κ1) is 18.9. The second-order valence-electron chi connectivity index (χ2n) is 7.24. The number of carbonyl (C=O) groups is 2. The average Bonchev–Trinajstić information content (AvgIpc) is 2.73. The molecule has 2 heterocycles. The Kier molecular flexibility index (Phi) is 5.16. The van der Waals surface area contributed by atoms with Crippen LogP contribution in [0.4, 0.5) is 0 Å². The largest absolute Gasteiger partial charge is 0.491 e. The number of nitrogens with zero attached hydrogens (tertiary/aromatic N) is 1. The summed E-state index contributed by atoms with van der Waals surface area (Å²) in [5, 5.41) is 3.88. The normalized spacial score (nSPS) is 18.0. The number of para-hydroxylation sites is 1. The fraction of sp³-hybridized carbons (Fsp3) is 0.261. The van der Waals surface area contributed by atoms with Gasteiger partial charge in [-0.15, -0.1) is 0 Å². The van der Waals surface area contributed by atoms with Gasteiger partial charge >= 0.3 is 5.97 Å². The quantitative estimate of drug-likeness (QED) is 0.516. The minimum absolute atomic E-state index is 0.299. The standard InChI is InChI=1S/C23H22N2O4/c1-23(15-17-7-2-3-10-18(17)21(26)29-23)22(27)25-13-6-14-28-19-11-4-8-16-9-5-12-24-20(16)19/h2-5,7-12H,6,13-15H2,1H3,(H,25,27). The van der Waals surface area contributed by atoms with E-state index in [1.165, 1.54) is 0 Å². The van der Waals surface area contributed by atoms with Crippen LogP contribution in [0.25, 0.3) is 10.9 Å². The molecule has 0 spiro atoms. The van der Waals surface area contributed by atoms with E-state index in [4.69, 9.17) is 9.47 Å². The molecule has 4 rings (SSSR count). The second-order valence-corrected chi connectivity index (χ2v) is 7.24. The lowest BCUT2D eigenvalue weighted by molar-refractivity contribution is -0.139. The molecule has 1 amide bonds. The summed E-state index contributed by atoms with van der Waals surface area (Å²) in [7, 11) is 0. The lowest BCUT2D eigenvalue weighted by atomic mass is 9.89. The molecule has 29 heavy (non-hydrogen) atoms. The molecule has 6 heteroatoms. The molecule has 0 fully saturated rings. The molecule has 0 aliphatic carbocycles. The van der Waals surface area contributed by atoms with E-state index in [1.54, 1.807) is 25.3 Å². The van der Waals surface area contributed by atoms with Gasteiger partial charge in [-0.2, -0.15) is 0 Å².